The first-order valence-electron chi connectivity index (χ1n) is 10.5. The Hall–Kier alpha value is -1.58. The minimum Gasteiger partial charge on any atom is -0.379 e. The minimum atomic E-state index is 0.225. The summed E-state index contributed by atoms with van der Waals surface area (Å²) in [4.78, 5) is 24.6. The summed E-state index contributed by atoms with van der Waals surface area (Å²) in [5.74, 6) is 0.594. The number of aromatic nitrogens is 1. The Kier molecular flexibility index (Phi) is 5.78. The highest BCUT2D eigenvalue weighted by atomic mass is 32.1. The third-order valence-electron chi connectivity index (χ3n) is 6.07. The van der Waals surface area contributed by atoms with Gasteiger partial charge in [-0.1, -0.05) is 12.1 Å². The zero-order chi connectivity index (χ0) is 19.6. The Bertz CT molecular complexity index is 820. The summed E-state index contributed by atoms with van der Waals surface area (Å²) in [7, 11) is 0. The van der Waals surface area contributed by atoms with Gasteiger partial charge < -0.3 is 14.4 Å². The van der Waals surface area contributed by atoms with Crippen LogP contribution in [0, 0.1) is 5.92 Å². The van der Waals surface area contributed by atoms with E-state index in [4.69, 9.17) is 14.5 Å². The van der Waals surface area contributed by atoms with Gasteiger partial charge in [-0.15, -0.1) is 11.3 Å². The fraction of sp³-hybridized carbons (Fsp3) is 0.619. The molecule has 4 heterocycles. The second kappa shape index (κ2) is 8.65. The molecular formula is C21H28N4O3S. The van der Waals surface area contributed by atoms with Crippen LogP contribution in [0.3, 0.4) is 0 Å². The van der Waals surface area contributed by atoms with Crippen molar-refractivity contribution in [2.45, 2.75) is 12.6 Å². The molecule has 3 fully saturated rings. The monoisotopic (exact) mass is 416 g/mol. The van der Waals surface area contributed by atoms with Gasteiger partial charge in [-0.3, -0.25) is 14.6 Å². The van der Waals surface area contributed by atoms with Crippen LogP contribution in [0.2, 0.25) is 0 Å². The molecule has 2 bridgehead atoms. The molecule has 0 unspecified atom stereocenters. The molecule has 1 aromatic carbocycles. The smallest absolute Gasteiger partial charge is 0.236 e. The molecule has 29 heavy (non-hydrogen) atoms. The molecule has 0 radical (unpaired) electrons. The first kappa shape index (κ1) is 19.4. The number of carbonyl (C=O) groups is 1. The Labute approximate surface area is 175 Å². The van der Waals surface area contributed by atoms with Crippen molar-refractivity contribution in [3.8, 4) is 0 Å². The van der Waals surface area contributed by atoms with Gasteiger partial charge in [0.25, 0.3) is 0 Å². The van der Waals surface area contributed by atoms with E-state index >= 15 is 0 Å². The zero-order valence-electron chi connectivity index (χ0n) is 16.7. The van der Waals surface area contributed by atoms with Gasteiger partial charge >= 0.3 is 0 Å². The van der Waals surface area contributed by atoms with Crippen LogP contribution in [0.5, 0.6) is 0 Å². The van der Waals surface area contributed by atoms with Crippen molar-refractivity contribution < 1.29 is 14.3 Å². The van der Waals surface area contributed by atoms with Gasteiger partial charge in [-0.25, -0.2) is 4.98 Å². The van der Waals surface area contributed by atoms with Gasteiger partial charge in [-0.2, -0.15) is 0 Å². The fourth-order valence-corrected chi connectivity index (χ4v) is 5.53. The number of benzene rings is 1. The maximum absolute atomic E-state index is 13.0. The van der Waals surface area contributed by atoms with Gasteiger partial charge in [0.1, 0.15) is 5.01 Å². The molecule has 3 saturated heterocycles. The summed E-state index contributed by atoms with van der Waals surface area (Å²) in [5, 5.41) is 1.14. The van der Waals surface area contributed by atoms with Crippen molar-refractivity contribution >= 4 is 27.5 Å². The van der Waals surface area contributed by atoms with Crippen LogP contribution in [0.1, 0.15) is 5.01 Å². The molecule has 0 spiro atoms. The molecule has 2 atom stereocenters. The van der Waals surface area contributed by atoms with Crippen LogP contribution in [0.25, 0.3) is 10.2 Å². The number of carbonyl (C=O) groups excluding carboxylic acids is 1. The zero-order valence-corrected chi connectivity index (χ0v) is 17.5. The summed E-state index contributed by atoms with van der Waals surface area (Å²) in [6.45, 7) is 8.37. The van der Waals surface area contributed by atoms with E-state index in [1.807, 2.05) is 6.07 Å². The Morgan fingerprint density at radius 2 is 1.97 bits per heavy atom. The predicted molar refractivity (Wildman–Crippen MR) is 112 cm³/mol. The van der Waals surface area contributed by atoms with Gasteiger partial charge in [0, 0.05) is 38.6 Å². The number of hydrogen-bond acceptors (Lipinski definition) is 7. The average molecular weight is 417 g/mol. The highest BCUT2D eigenvalue weighted by Gasteiger charge is 2.35. The van der Waals surface area contributed by atoms with Crippen LogP contribution in [-0.2, 0) is 20.8 Å². The molecular weight excluding hydrogens is 388 g/mol. The first-order valence-corrected chi connectivity index (χ1v) is 11.3. The van der Waals surface area contributed by atoms with Crippen LogP contribution in [0.15, 0.2) is 24.3 Å². The van der Waals surface area contributed by atoms with Crippen molar-refractivity contribution in [1.29, 1.82) is 0 Å². The standard InChI is InChI=1S/C21H28N4O3S/c26-21(13-23-5-7-27-8-6-23)25-10-16-9-24(17(11-25)15-28-14-16)12-20-22-18-3-1-2-4-19(18)29-20/h1-4,16-17H,5-15H2/t16-,17+/m1/s1. The Balaban J connectivity index is 1.28. The van der Waals surface area contributed by atoms with Gasteiger partial charge in [0.15, 0.2) is 0 Å². The molecule has 1 amide bonds. The quantitative estimate of drug-likeness (QED) is 0.749. The average Bonchev–Trinajstić information content (AvgIpc) is 2.92. The second-order valence-corrected chi connectivity index (χ2v) is 9.36. The van der Waals surface area contributed by atoms with Crippen molar-refractivity contribution in [3.05, 3.63) is 29.3 Å². The summed E-state index contributed by atoms with van der Waals surface area (Å²) in [6.07, 6.45) is 0. The summed E-state index contributed by atoms with van der Waals surface area (Å²) in [5.41, 5.74) is 1.07. The van der Waals surface area contributed by atoms with Crippen molar-refractivity contribution in [2.24, 2.45) is 5.92 Å². The van der Waals surface area contributed by atoms with Crippen molar-refractivity contribution in [1.82, 2.24) is 19.7 Å². The molecule has 7 nitrogen and oxygen atoms in total. The number of para-hydroxylation sites is 1. The van der Waals surface area contributed by atoms with E-state index in [2.05, 4.69) is 32.9 Å². The topological polar surface area (TPSA) is 58.1 Å². The van der Waals surface area contributed by atoms with Gasteiger partial charge in [0.2, 0.25) is 5.91 Å². The molecule has 8 heteroatoms. The first-order chi connectivity index (χ1) is 14.2. The molecule has 0 saturated carbocycles. The predicted octanol–water partition coefficient (Wildman–Crippen LogP) is 1.29. The lowest BCUT2D eigenvalue weighted by molar-refractivity contribution is -0.135. The maximum Gasteiger partial charge on any atom is 0.236 e. The van der Waals surface area contributed by atoms with Crippen LogP contribution in [-0.4, -0.2) is 97.3 Å². The molecule has 1 aromatic heterocycles. The van der Waals surface area contributed by atoms with Gasteiger partial charge in [-0.05, 0) is 12.1 Å². The minimum absolute atomic E-state index is 0.225. The van der Waals surface area contributed by atoms with Crippen molar-refractivity contribution in [2.75, 3.05) is 65.7 Å². The van der Waals surface area contributed by atoms with Crippen LogP contribution >= 0.6 is 11.3 Å². The SMILES string of the molecule is O=C(CN1CCOCC1)N1C[C@@H]2COC[C@H](C1)N(Cc1nc3ccccc3s1)C2. The van der Waals surface area contributed by atoms with Crippen LogP contribution in [0.4, 0.5) is 0 Å². The van der Waals surface area contributed by atoms with E-state index < -0.39 is 0 Å². The number of thiazole rings is 1. The number of amides is 1. The Morgan fingerprint density at radius 1 is 1.10 bits per heavy atom. The molecule has 3 aliphatic heterocycles. The summed E-state index contributed by atoms with van der Waals surface area (Å²) in [6, 6.07) is 8.53. The lowest BCUT2D eigenvalue weighted by Crippen LogP contribution is -2.49. The Morgan fingerprint density at radius 3 is 2.83 bits per heavy atom. The number of nitrogens with zero attached hydrogens (tertiary/aromatic N) is 4. The van der Waals surface area contributed by atoms with Gasteiger partial charge in [0.05, 0.1) is 55.8 Å². The van der Waals surface area contributed by atoms with Crippen LogP contribution < -0.4 is 0 Å². The van der Waals surface area contributed by atoms with Crippen molar-refractivity contribution in [3.63, 3.8) is 0 Å². The lowest BCUT2D eigenvalue weighted by Gasteiger charge is -2.33. The maximum atomic E-state index is 13.0. The largest absolute Gasteiger partial charge is 0.379 e. The molecule has 0 N–H and O–H groups in total. The van der Waals surface area contributed by atoms with E-state index in [1.165, 1.54) is 4.70 Å². The number of fused-ring (bicyclic) bond motifs is 4. The fourth-order valence-electron chi connectivity index (χ4n) is 4.54. The number of ether oxygens (including phenoxy) is 2. The third-order valence-corrected chi connectivity index (χ3v) is 7.10. The summed E-state index contributed by atoms with van der Waals surface area (Å²) < 4.78 is 12.6. The highest BCUT2D eigenvalue weighted by molar-refractivity contribution is 7.18. The van der Waals surface area contributed by atoms with E-state index in [0.29, 0.717) is 19.1 Å². The highest BCUT2D eigenvalue weighted by Crippen LogP contribution is 2.26. The third kappa shape index (κ3) is 4.46. The lowest BCUT2D eigenvalue weighted by atomic mass is 10.1. The number of hydrogen-bond donors (Lipinski definition) is 0. The van der Waals surface area contributed by atoms with E-state index in [9.17, 15) is 4.79 Å². The number of morpholine rings is 1. The molecule has 2 aromatic rings. The molecule has 3 aliphatic rings. The van der Waals surface area contributed by atoms with E-state index in [0.717, 1.165) is 69.6 Å². The molecule has 156 valence electrons. The van der Waals surface area contributed by atoms with E-state index in [-0.39, 0.29) is 11.9 Å². The van der Waals surface area contributed by atoms with E-state index in [1.54, 1.807) is 11.3 Å². The molecule has 5 rings (SSSR count). The molecule has 0 aliphatic carbocycles. The second-order valence-electron chi connectivity index (χ2n) is 8.25. The number of rotatable bonds is 4. The summed E-state index contributed by atoms with van der Waals surface area (Å²) >= 11 is 1.77. The normalized spacial score (nSPS) is 26.6.